The zero-order valence-electron chi connectivity index (χ0n) is 13.5. The van der Waals surface area contributed by atoms with E-state index in [0.29, 0.717) is 0 Å². The fraction of sp³-hybridized carbons (Fsp3) is 0.400. The second kappa shape index (κ2) is 6.97. The third-order valence-electron chi connectivity index (χ3n) is 4.85. The van der Waals surface area contributed by atoms with Crippen molar-refractivity contribution in [3.63, 3.8) is 0 Å². The maximum atomic E-state index is 3.69. The summed E-state index contributed by atoms with van der Waals surface area (Å²) in [7, 11) is 0. The maximum absolute atomic E-state index is 3.69. The van der Waals surface area contributed by atoms with Gasteiger partial charge in [0.1, 0.15) is 0 Å². The van der Waals surface area contributed by atoms with Gasteiger partial charge < -0.3 is 4.90 Å². The molecule has 1 nitrogen and oxygen atoms in total. The lowest BCUT2D eigenvalue weighted by Gasteiger charge is -2.31. The van der Waals surface area contributed by atoms with Gasteiger partial charge in [0, 0.05) is 4.47 Å². The number of hydrogen-bond acceptors (Lipinski definition) is 1. The molecule has 0 amide bonds. The van der Waals surface area contributed by atoms with Gasteiger partial charge in [0.2, 0.25) is 0 Å². The monoisotopic (exact) mass is 357 g/mol. The molecular weight excluding hydrogens is 334 g/mol. The predicted octanol–water partition coefficient (Wildman–Crippen LogP) is 5.62. The number of hydrogen-bond donors (Lipinski definition) is 0. The number of nitrogens with zero attached hydrogens (tertiary/aromatic N) is 1. The Balaban J connectivity index is 1.75. The van der Waals surface area contributed by atoms with Gasteiger partial charge in [-0.25, -0.2) is 0 Å². The molecule has 0 aromatic heterocycles. The van der Waals surface area contributed by atoms with E-state index in [1.807, 2.05) is 0 Å². The number of piperidine rings is 1. The summed E-state index contributed by atoms with van der Waals surface area (Å²) in [5.41, 5.74) is 5.36. The summed E-state index contributed by atoms with van der Waals surface area (Å²) in [6.45, 7) is 8.06. The topological polar surface area (TPSA) is 3.24 Å². The first-order chi connectivity index (χ1) is 10.7. The number of likely N-dealkylation sites (tertiary alicyclic amines) is 1. The molecule has 0 aliphatic carbocycles. The van der Waals surface area contributed by atoms with Gasteiger partial charge in [-0.2, -0.15) is 0 Å². The molecule has 1 heterocycles. The van der Waals surface area contributed by atoms with E-state index in [1.165, 1.54) is 59.2 Å². The first-order valence-electron chi connectivity index (χ1n) is 8.26. The van der Waals surface area contributed by atoms with Gasteiger partial charge in [-0.15, -0.1) is 0 Å². The average Bonchev–Trinajstić information content (AvgIpc) is 2.55. The van der Waals surface area contributed by atoms with E-state index < -0.39 is 0 Å². The molecule has 2 aromatic carbocycles. The fourth-order valence-electron chi connectivity index (χ4n) is 3.37. The molecule has 1 aliphatic heterocycles. The molecule has 116 valence electrons. The standard InChI is InChI=1S/C20H24BrN/c1-3-22-12-10-17(11-13-22)16-5-7-18(8-6-16)19-9-4-15(2)14-20(19)21/h4-9,14,17H,3,10-13H2,1-2H3. The Labute approximate surface area is 142 Å². The van der Waals surface area contributed by atoms with Crippen LogP contribution in [0.3, 0.4) is 0 Å². The van der Waals surface area contributed by atoms with Crippen molar-refractivity contribution in [2.24, 2.45) is 0 Å². The fourth-order valence-corrected chi connectivity index (χ4v) is 4.09. The van der Waals surface area contributed by atoms with Crippen LogP contribution in [0.1, 0.15) is 36.8 Å². The SMILES string of the molecule is CCN1CCC(c2ccc(-c3ccc(C)cc3Br)cc2)CC1. The van der Waals surface area contributed by atoms with Crippen molar-refractivity contribution < 1.29 is 0 Å². The Morgan fingerprint density at radius 3 is 2.32 bits per heavy atom. The predicted molar refractivity (Wildman–Crippen MR) is 98.4 cm³/mol. The van der Waals surface area contributed by atoms with Gasteiger partial charge in [-0.05, 0) is 73.6 Å². The summed E-state index contributed by atoms with van der Waals surface area (Å²) >= 11 is 3.69. The minimum absolute atomic E-state index is 0.735. The van der Waals surface area contributed by atoms with Crippen molar-refractivity contribution in [3.8, 4) is 11.1 Å². The summed E-state index contributed by atoms with van der Waals surface area (Å²) < 4.78 is 1.18. The van der Waals surface area contributed by atoms with Crippen LogP contribution in [-0.2, 0) is 0 Å². The van der Waals surface area contributed by atoms with Gasteiger partial charge in [0.25, 0.3) is 0 Å². The molecule has 0 bridgehead atoms. The van der Waals surface area contributed by atoms with Gasteiger partial charge >= 0.3 is 0 Å². The van der Waals surface area contributed by atoms with Crippen molar-refractivity contribution in [2.45, 2.75) is 32.6 Å². The van der Waals surface area contributed by atoms with Gasteiger partial charge in [0.15, 0.2) is 0 Å². The van der Waals surface area contributed by atoms with E-state index in [-0.39, 0.29) is 0 Å². The Hall–Kier alpha value is -1.12. The second-order valence-corrected chi connectivity index (χ2v) is 7.17. The molecule has 2 aromatic rings. The molecule has 0 atom stereocenters. The van der Waals surface area contributed by atoms with E-state index in [4.69, 9.17) is 0 Å². The third kappa shape index (κ3) is 3.44. The lowest BCUT2D eigenvalue weighted by molar-refractivity contribution is 0.222. The van der Waals surface area contributed by atoms with Gasteiger partial charge in [-0.1, -0.05) is 59.3 Å². The second-order valence-electron chi connectivity index (χ2n) is 6.31. The van der Waals surface area contributed by atoms with E-state index in [2.05, 4.69) is 77.1 Å². The van der Waals surface area contributed by atoms with Crippen molar-refractivity contribution >= 4 is 15.9 Å². The van der Waals surface area contributed by atoms with Crippen LogP contribution in [-0.4, -0.2) is 24.5 Å². The minimum Gasteiger partial charge on any atom is -0.304 e. The summed E-state index contributed by atoms with van der Waals surface area (Å²) in [6, 6.07) is 15.8. The Morgan fingerprint density at radius 1 is 1.05 bits per heavy atom. The molecule has 1 fully saturated rings. The van der Waals surface area contributed by atoms with E-state index >= 15 is 0 Å². The highest BCUT2D eigenvalue weighted by Crippen LogP contribution is 2.32. The smallest absolute Gasteiger partial charge is 0.0256 e. The highest BCUT2D eigenvalue weighted by molar-refractivity contribution is 9.10. The van der Waals surface area contributed by atoms with Gasteiger partial charge in [-0.3, -0.25) is 0 Å². The Morgan fingerprint density at radius 2 is 1.73 bits per heavy atom. The summed E-state index contributed by atoms with van der Waals surface area (Å²) in [5, 5.41) is 0. The largest absolute Gasteiger partial charge is 0.304 e. The normalized spacial score (nSPS) is 16.9. The zero-order valence-corrected chi connectivity index (χ0v) is 15.1. The highest BCUT2D eigenvalue weighted by Gasteiger charge is 2.19. The molecule has 2 heteroatoms. The molecule has 0 spiro atoms. The van der Waals surface area contributed by atoms with Crippen LogP contribution < -0.4 is 0 Å². The average molecular weight is 358 g/mol. The summed E-state index contributed by atoms with van der Waals surface area (Å²) in [6.07, 6.45) is 2.59. The zero-order chi connectivity index (χ0) is 15.5. The highest BCUT2D eigenvalue weighted by atomic mass is 79.9. The molecular formula is C20H24BrN. The van der Waals surface area contributed by atoms with E-state index in [1.54, 1.807) is 0 Å². The molecule has 3 rings (SSSR count). The first-order valence-corrected chi connectivity index (χ1v) is 9.05. The van der Waals surface area contributed by atoms with Crippen LogP contribution in [0.15, 0.2) is 46.9 Å². The maximum Gasteiger partial charge on any atom is 0.0256 e. The molecule has 22 heavy (non-hydrogen) atoms. The lowest BCUT2D eigenvalue weighted by Crippen LogP contribution is -2.32. The third-order valence-corrected chi connectivity index (χ3v) is 5.51. The van der Waals surface area contributed by atoms with Crippen LogP contribution in [0, 0.1) is 6.92 Å². The van der Waals surface area contributed by atoms with Crippen molar-refractivity contribution in [1.29, 1.82) is 0 Å². The number of halogens is 1. The molecule has 0 unspecified atom stereocenters. The summed E-state index contributed by atoms with van der Waals surface area (Å²) in [5.74, 6) is 0.735. The van der Waals surface area contributed by atoms with Crippen LogP contribution in [0.4, 0.5) is 0 Å². The van der Waals surface area contributed by atoms with Crippen molar-refractivity contribution in [3.05, 3.63) is 58.1 Å². The van der Waals surface area contributed by atoms with Crippen LogP contribution in [0.5, 0.6) is 0 Å². The quantitative estimate of drug-likeness (QED) is 0.688. The Bertz CT molecular complexity index is 625. The molecule has 1 saturated heterocycles. The number of rotatable bonds is 3. The van der Waals surface area contributed by atoms with Crippen LogP contribution in [0.2, 0.25) is 0 Å². The molecule has 0 saturated carbocycles. The van der Waals surface area contributed by atoms with Crippen molar-refractivity contribution in [2.75, 3.05) is 19.6 Å². The molecule has 0 N–H and O–H groups in total. The first kappa shape index (κ1) is 15.8. The van der Waals surface area contributed by atoms with Crippen LogP contribution in [0.25, 0.3) is 11.1 Å². The Kier molecular flexibility index (Phi) is 5.00. The number of benzene rings is 2. The van der Waals surface area contributed by atoms with E-state index in [0.717, 1.165) is 5.92 Å². The molecule has 1 aliphatic rings. The minimum atomic E-state index is 0.735. The van der Waals surface area contributed by atoms with Crippen LogP contribution >= 0.6 is 15.9 Å². The lowest BCUT2D eigenvalue weighted by atomic mass is 9.88. The molecule has 0 radical (unpaired) electrons. The van der Waals surface area contributed by atoms with Crippen molar-refractivity contribution in [1.82, 2.24) is 4.90 Å². The summed E-state index contributed by atoms with van der Waals surface area (Å²) in [4.78, 5) is 2.55. The number of aryl methyl sites for hydroxylation is 1. The van der Waals surface area contributed by atoms with Gasteiger partial charge in [0.05, 0.1) is 0 Å². The van der Waals surface area contributed by atoms with E-state index in [9.17, 15) is 0 Å².